The Morgan fingerprint density at radius 2 is 1.46 bits per heavy atom. The standard InChI is InChI=1S/C32H40N2O5/c1-23(2)17-18-33-32(36)28(19-24-9-7-6-8-10-24)34(22-25-11-14-27(37-3)15-12-25)31(35)21-26-13-16-29(38-4)30(20-26)39-5/h6-16,20,23,28H,17-19,21-22H2,1-5H3,(H,33,36)/t28-/m1/s1. The van der Waals surface area contributed by atoms with Crippen LogP contribution in [0.15, 0.2) is 72.8 Å². The molecule has 0 saturated heterocycles. The van der Waals surface area contributed by atoms with Crippen LogP contribution in [-0.2, 0) is 29.0 Å². The molecule has 208 valence electrons. The molecule has 2 amide bonds. The molecule has 0 aliphatic rings. The fraction of sp³-hybridized carbons (Fsp3) is 0.375. The number of hydrogen-bond acceptors (Lipinski definition) is 5. The lowest BCUT2D eigenvalue weighted by Gasteiger charge is -2.32. The number of methoxy groups -OCH3 is 3. The Labute approximate surface area is 232 Å². The Hall–Kier alpha value is -4.00. The van der Waals surface area contributed by atoms with Gasteiger partial charge in [0.15, 0.2) is 11.5 Å². The second-order valence-corrected chi connectivity index (χ2v) is 9.91. The molecule has 0 fully saturated rings. The third-order valence-corrected chi connectivity index (χ3v) is 6.61. The number of nitrogens with zero attached hydrogens (tertiary/aromatic N) is 1. The molecule has 0 aliphatic carbocycles. The molecule has 7 nitrogen and oxygen atoms in total. The van der Waals surface area contributed by atoms with Crippen LogP contribution < -0.4 is 19.5 Å². The number of rotatable bonds is 14. The molecule has 7 heteroatoms. The summed E-state index contributed by atoms with van der Waals surface area (Å²) in [6, 6.07) is 22.1. The van der Waals surface area contributed by atoms with Gasteiger partial charge in [0, 0.05) is 19.5 Å². The van der Waals surface area contributed by atoms with E-state index >= 15 is 0 Å². The Balaban J connectivity index is 1.95. The lowest BCUT2D eigenvalue weighted by molar-refractivity contribution is -0.140. The number of carbonyl (C=O) groups excluding carboxylic acids is 2. The Morgan fingerprint density at radius 1 is 0.795 bits per heavy atom. The average Bonchev–Trinajstić information content (AvgIpc) is 2.95. The topological polar surface area (TPSA) is 77.1 Å². The van der Waals surface area contributed by atoms with Crippen LogP contribution in [0.5, 0.6) is 17.2 Å². The molecule has 3 rings (SSSR count). The lowest BCUT2D eigenvalue weighted by Crippen LogP contribution is -2.51. The number of ether oxygens (including phenoxy) is 3. The summed E-state index contributed by atoms with van der Waals surface area (Å²) in [5.41, 5.74) is 2.67. The molecule has 39 heavy (non-hydrogen) atoms. The molecule has 1 atom stereocenters. The van der Waals surface area contributed by atoms with E-state index in [9.17, 15) is 9.59 Å². The molecule has 0 heterocycles. The van der Waals surface area contributed by atoms with Gasteiger partial charge < -0.3 is 24.4 Å². The molecular weight excluding hydrogens is 492 g/mol. The maximum absolute atomic E-state index is 14.0. The van der Waals surface area contributed by atoms with Crippen molar-refractivity contribution in [3.05, 3.63) is 89.5 Å². The largest absolute Gasteiger partial charge is 0.497 e. The van der Waals surface area contributed by atoms with Crippen LogP contribution in [0.4, 0.5) is 0 Å². The van der Waals surface area contributed by atoms with Gasteiger partial charge >= 0.3 is 0 Å². The van der Waals surface area contributed by atoms with Crippen molar-refractivity contribution in [2.75, 3.05) is 27.9 Å². The summed E-state index contributed by atoms with van der Waals surface area (Å²) in [5.74, 6) is 2.02. The van der Waals surface area contributed by atoms with E-state index in [0.29, 0.717) is 30.4 Å². The number of hydrogen-bond donors (Lipinski definition) is 1. The van der Waals surface area contributed by atoms with Gasteiger partial charge in [-0.1, -0.05) is 62.4 Å². The van der Waals surface area contributed by atoms with E-state index in [4.69, 9.17) is 14.2 Å². The van der Waals surface area contributed by atoms with Crippen LogP contribution in [-0.4, -0.2) is 50.6 Å². The average molecular weight is 533 g/mol. The highest BCUT2D eigenvalue weighted by molar-refractivity contribution is 5.89. The fourth-order valence-electron chi connectivity index (χ4n) is 4.35. The van der Waals surface area contributed by atoms with Gasteiger partial charge in [-0.2, -0.15) is 0 Å². The van der Waals surface area contributed by atoms with Gasteiger partial charge in [-0.05, 0) is 53.3 Å². The minimum absolute atomic E-state index is 0.112. The Morgan fingerprint density at radius 3 is 2.08 bits per heavy atom. The molecule has 1 N–H and O–H groups in total. The van der Waals surface area contributed by atoms with Crippen LogP contribution >= 0.6 is 0 Å². The second kappa shape index (κ2) is 14.8. The number of nitrogens with one attached hydrogen (secondary N) is 1. The third-order valence-electron chi connectivity index (χ3n) is 6.61. The molecule has 0 unspecified atom stereocenters. The number of carbonyl (C=O) groups is 2. The molecule has 0 saturated carbocycles. The maximum atomic E-state index is 14.0. The first-order valence-corrected chi connectivity index (χ1v) is 13.3. The van der Waals surface area contributed by atoms with E-state index in [1.54, 1.807) is 38.4 Å². The van der Waals surface area contributed by atoms with Crippen molar-refractivity contribution < 1.29 is 23.8 Å². The van der Waals surface area contributed by atoms with Gasteiger partial charge in [0.25, 0.3) is 0 Å². The van der Waals surface area contributed by atoms with Crippen molar-refractivity contribution in [1.29, 1.82) is 0 Å². The molecule has 0 spiro atoms. The second-order valence-electron chi connectivity index (χ2n) is 9.91. The summed E-state index contributed by atoms with van der Waals surface area (Å²) in [4.78, 5) is 29.3. The lowest BCUT2D eigenvalue weighted by atomic mass is 10.0. The van der Waals surface area contributed by atoms with Crippen molar-refractivity contribution in [2.45, 2.75) is 45.7 Å². The SMILES string of the molecule is COc1ccc(CN(C(=O)Cc2ccc(OC)c(OC)c2)[C@H](Cc2ccccc2)C(=O)NCCC(C)C)cc1. The van der Waals surface area contributed by atoms with Crippen LogP contribution in [0.25, 0.3) is 0 Å². The summed E-state index contributed by atoms with van der Waals surface area (Å²) in [6.07, 6.45) is 1.38. The Bertz CT molecular complexity index is 1190. The number of benzene rings is 3. The highest BCUT2D eigenvalue weighted by Crippen LogP contribution is 2.28. The van der Waals surface area contributed by atoms with E-state index in [-0.39, 0.29) is 24.8 Å². The quantitative estimate of drug-likeness (QED) is 0.314. The first-order chi connectivity index (χ1) is 18.8. The highest BCUT2D eigenvalue weighted by Gasteiger charge is 2.30. The van der Waals surface area contributed by atoms with Crippen LogP contribution in [0.1, 0.15) is 37.0 Å². The van der Waals surface area contributed by atoms with E-state index in [0.717, 1.165) is 28.9 Å². The molecule has 0 radical (unpaired) electrons. The molecule has 3 aromatic carbocycles. The molecular formula is C32H40N2O5. The Kier molecular flexibility index (Phi) is 11.2. The minimum Gasteiger partial charge on any atom is -0.497 e. The summed E-state index contributed by atoms with van der Waals surface area (Å²) in [7, 11) is 4.76. The fourth-order valence-corrected chi connectivity index (χ4v) is 4.35. The van der Waals surface area contributed by atoms with Crippen LogP contribution in [0.3, 0.4) is 0 Å². The summed E-state index contributed by atoms with van der Waals surface area (Å²) >= 11 is 0. The van der Waals surface area contributed by atoms with Crippen LogP contribution in [0, 0.1) is 5.92 Å². The van der Waals surface area contributed by atoms with Gasteiger partial charge in [0.2, 0.25) is 11.8 Å². The van der Waals surface area contributed by atoms with E-state index in [1.165, 1.54) is 0 Å². The van der Waals surface area contributed by atoms with Crippen LogP contribution in [0.2, 0.25) is 0 Å². The smallest absolute Gasteiger partial charge is 0.243 e. The number of amides is 2. The predicted molar refractivity (Wildman–Crippen MR) is 153 cm³/mol. The zero-order chi connectivity index (χ0) is 28.2. The van der Waals surface area contributed by atoms with Crippen molar-refractivity contribution in [3.63, 3.8) is 0 Å². The van der Waals surface area contributed by atoms with Gasteiger partial charge in [-0.15, -0.1) is 0 Å². The maximum Gasteiger partial charge on any atom is 0.243 e. The highest BCUT2D eigenvalue weighted by atomic mass is 16.5. The molecule has 3 aromatic rings. The van der Waals surface area contributed by atoms with E-state index in [1.807, 2.05) is 60.7 Å². The first kappa shape index (κ1) is 29.6. The van der Waals surface area contributed by atoms with Gasteiger partial charge in [-0.3, -0.25) is 9.59 Å². The zero-order valence-corrected chi connectivity index (χ0v) is 23.6. The van der Waals surface area contributed by atoms with Crippen molar-refractivity contribution >= 4 is 11.8 Å². The molecule has 0 aliphatic heterocycles. The summed E-state index contributed by atoms with van der Waals surface area (Å²) < 4.78 is 16.1. The normalized spacial score (nSPS) is 11.5. The summed E-state index contributed by atoms with van der Waals surface area (Å²) in [6.45, 7) is 5.08. The minimum atomic E-state index is -0.686. The monoisotopic (exact) mass is 532 g/mol. The van der Waals surface area contributed by atoms with E-state index < -0.39 is 6.04 Å². The third kappa shape index (κ3) is 8.77. The molecule has 0 aromatic heterocycles. The van der Waals surface area contributed by atoms with Crippen molar-refractivity contribution in [2.24, 2.45) is 5.92 Å². The van der Waals surface area contributed by atoms with Crippen molar-refractivity contribution in [3.8, 4) is 17.2 Å². The van der Waals surface area contributed by atoms with Gasteiger partial charge in [0.1, 0.15) is 11.8 Å². The van der Waals surface area contributed by atoms with Crippen molar-refractivity contribution in [1.82, 2.24) is 10.2 Å². The summed E-state index contributed by atoms with van der Waals surface area (Å²) in [5, 5.41) is 3.08. The van der Waals surface area contributed by atoms with Gasteiger partial charge in [0.05, 0.1) is 27.8 Å². The zero-order valence-electron chi connectivity index (χ0n) is 23.6. The predicted octanol–water partition coefficient (Wildman–Crippen LogP) is 5.06. The van der Waals surface area contributed by atoms with Gasteiger partial charge in [-0.25, -0.2) is 0 Å². The molecule has 0 bridgehead atoms. The van der Waals surface area contributed by atoms with E-state index in [2.05, 4.69) is 19.2 Å². The first-order valence-electron chi connectivity index (χ1n) is 13.3.